The van der Waals surface area contributed by atoms with Crippen LogP contribution >= 0.6 is 15.9 Å². The van der Waals surface area contributed by atoms with Gasteiger partial charge in [-0.1, -0.05) is 21.1 Å². The number of carbonyl (C=O) groups is 1. The molecular weight excluding hydrogens is 541 g/mol. The van der Waals surface area contributed by atoms with Crippen LogP contribution in [0.1, 0.15) is 12.6 Å². The second-order valence-electron chi connectivity index (χ2n) is 7.43. The Morgan fingerprint density at radius 1 is 1.00 bits per heavy atom. The molecule has 2 aromatic carbocycles. The summed E-state index contributed by atoms with van der Waals surface area (Å²) in [5, 5.41) is 11.8. The molecule has 0 radical (unpaired) electrons. The van der Waals surface area contributed by atoms with E-state index < -0.39 is 29.5 Å². The number of hydrogen-bond acceptors (Lipinski definition) is 5. The molecule has 0 fully saturated rings. The fraction of sp³-hybridized carbons (Fsp3) is 0.182. The Balaban J connectivity index is 1.80. The van der Waals surface area contributed by atoms with Crippen LogP contribution in [0.25, 0.3) is 28.2 Å². The number of hydrogen-bond donors (Lipinski definition) is 0. The summed E-state index contributed by atoms with van der Waals surface area (Å²) in [6.45, 7) is 0.784. The van der Waals surface area contributed by atoms with E-state index in [1.54, 1.807) is 18.2 Å². The zero-order valence-corrected chi connectivity index (χ0v) is 19.6. The molecule has 0 aliphatic heterocycles. The van der Waals surface area contributed by atoms with Gasteiger partial charge in [-0.05, 0) is 48.5 Å². The average Bonchev–Trinajstić information content (AvgIpc) is 3.40. The Morgan fingerprint density at radius 2 is 1.69 bits per heavy atom. The number of benzene rings is 2. The lowest BCUT2D eigenvalue weighted by atomic mass is 10.1. The fourth-order valence-corrected chi connectivity index (χ4v) is 3.74. The van der Waals surface area contributed by atoms with Gasteiger partial charge in [0.1, 0.15) is 11.4 Å². The molecule has 4 rings (SSSR count). The molecule has 2 aromatic heterocycles. The monoisotopic (exact) mass is 555 g/mol. The average molecular weight is 556 g/mol. The van der Waals surface area contributed by atoms with Crippen molar-refractivity contribution in [3.8, 4) is 34.0 Å². The highest BCUT2D eigenvalue weighted by atomic mass is 79.9. The van der Waals surface area contributed by atoms with Crippen LogP contribution in [-0.4, -0.2) is 36.9 Å². The van der Waals surface area contributed by atoms with E-state index in [1.807, 2.05) is 0 Å². The maximum atomic E-state index is 14.3. The van der Waals surface area contributed by atoms with Gasteiger partial charge in [0.05, 0.1) is 23.3 Å². The van der Waals surface area contributed by atoms with Crippen molar-refractivity contribution in [2.45, 2.75) is 19.2 Å². The molecule has 0 saturated carbocycles. The SMILES string of the molecule is CC(=O)C(F)(F)c1cc(-c2ccc(Br)cc2-n2nncc2-c2ccc(OC(F)(F)F)cc2)n(C)n1. The van der Waals surface area contributed by atoms with Crippen molar-refractivity contribution < 1.29 is 31.5 Å². The van der Waals surface area contributed by atoms with E-state index in [0.717, 1.165) is 25.1 Å². The first-order valence-corrected chi connectivity index (χ1v) is 10.7. The number of alkyl halides is 5. The van der Waals surface area contributed by atoms with Crippen LogP contribution in [0.15, 0.2) is 59.2 Å². The molecule has 0 amide bonds. The number of aromatic nitrogens is 5. The molecule has 0 unspecified atom stereocenters. The number of aryl methyl sites for hydroxylation is 1. The standard InChI is InChI=1S/C22H15BrF5N5O2/c1-12(34)21(24,25)20-10-17(32(2)30-20)16-8-5-14(23)9-18(16)33-19(11-29-31-33)13-3-6-15(7-4-13)35-22(26,27)28/h3-11H,1-2H3. The number of ketones is 1. The number of halogens is 6. The molecule has 13 heteroatoms. The summed E-state index contributed by atoms with van der Waals surface area (Å²) < 4.78 is 73.2. The third-order valence-corrected chi connectivity index (χ3v) is 5.53. The third kappa shape index (κ3) is 4.94. The van der Waals surface area contributed by atoms with Gasteiger partial charge >= 0.3 is 12.3 Å². The van der Waals surface area contributed by atoms with E-state index in [9.17, 15) is 26.7 Å². The van der Waals surface area contributed by atoms with Crippen molar-refractivity contribution in [2.24, 2.45) is 7.05 Å². The van der Waals surface area contributed by atoms with Crippen molar-refractivity contribution in [3.63, 3.8) is 0 Å². The minimum atomic E-state index is -4.82. The summed E-state index contributed by atoms with van der Waals surface area (Å²) in [6, 6.07) is 11.2. The molecule has 0 bridgehead atoms. The Morgan fingerprint density at radius 3 is 2.31 bits per heavy atom. The fourth-order valence-electron chi connectivity index (χ4n) is 3.39. The number of ether oxygens (including phenoxy) is 1. The first-order valence-electron chi connectivity index (χ1n) is 9.87. The van der Waals surface area contributed by atoms with E-state index in [1.165, 1.54) is 34.7 Å². The summed E-state index contributed by atoms with van der Waals surface area (Å²) in [5.41, 5.74) is 1.33. The van der Waals surface area contributed by atoms with E-state index in [4.69, 9.17) is 0 Å². The molecular formula is C22H15BrF5N5O2. The third-order valence-electron chi connectivity index (χ3n) is 5.04. The van der Waals surface area contributed by atoms with Crippen molar-refractivity contribution >= 4 is 21.7 Å². The Kier molecular flexibility index (Phi) is 6.21. The van der Waals surface area contributed by atoms with Crippen molar-refractivity contribution in [1.82, 2.24) is 24.8 Å². The predicted molar refractivity (Wildman–Crippen MR) is 118 cm³/mol. The molecule has 0 N–H and O–H groups in total. The lowest BCUT2D eigenvalue weighted by Crippen LogP contribution is -2.23. The zero-order valence-electron chi connectivity index (χ0n) is 18.0. The zero-order chi connectivity index (χ0) is 25.5. The maximum Gasteiger partial charge on any atom is 0.573 e. The molecule has 0 aliphatic rings. The van der Waals surface area contributed by atoms with Gasteiger partial charge in [0.15, 0.2) is 0 Å². The summed E-state index contributed by atoms with van der Waals surface area (Å²) >= 11 is 3.38. The van der Waals surface area contributed by atoms with Gasteiger partial charge < -0.3 is 4.74 Å². The summed E-state index contributed by atoms with van der Waals surface area (Å²) in [6.07, 6.45) is -3.42. The smallest absolute Gasteiger partial charge is 0.406 e. The maximum absolute atomic E-state index is 14.3. The van der Waals surface area contributed by atoms with E-state index in [2.05, 4.69) is 36.1 Å². The Hall–Kier alpha value is -3.61. The van der Waals surface area contributed by atoms with Crippen molar-refractivity contribution in [1.29, 1.82) is 0 Å². The van der Waals surface area contributed by atoms with Crippen LogP contribution in [0.2, 0.25) is 0 Å². The second-order valence-corrected chi connectivity index (χ2v) is 8.35. The summed E-state index contributed by atoms with van der Waals surface area (Å²) in [4.78, 5) is 11.4. The van der Waals surface area contributed by atoms with Crippen molar-refractivity contribution in [3.05, 3.63) is 64.9 Å². The number of rotatable bonds is 6. The van der Waals surface area contributed by atoms with Crippen LogP contribution in [-0.2, 0) is 17.8 Å². The number of nitrogens with zero attached hydrogens (tertiary/aromatic N) is 5. The first kappa shape index (κ1) is 24.5. The van der Waals surface area contributed by atoms with Crippen LogP contribution in [0, 0.1) is 0 Å². The molecule has 2 heterocycles. The Bertz CT molecular complexity index is 1400. The minimum absolute atomic E-state index is 0.277. The molecule has 0 aliphatic carbocycles. The highest BCUT2D eigenvalue weighted by Gasteiger charge is 2.40. The number of Topliss-reactive ketones (excluding diaryl/α,β-unsaturated/α-hetero) is 1. The molecule has 7 nitrogen and oxygen atoms in total. The molecule has 0 atom stereocenters. The van der Waals surface area contributed by atoms with Gasteiger partial charge in [0.2, 0.25) is 5.78 Å². The van der Waals surface area contributed by atoms with Crippen molar-refractivity contribution in [2.75, 3.05) is 0 Å². The number of carbonyl (C=O) groups excluding carboxylic acids is 1. The normalized spacial score (nSPS) is 12.1. The van der Waals surface area contributed by atoms with Crippen LogP contribution in [0.4, 0.5) is 22.0 Å². The van der Waals surface area contributed by atoms with Crippen LogP contribution in [0.5, 0.6) is 5.75 Å². The van der Waals surface area contributed by atoms with Crippen LogP contribution in [0.3, 0.4) is 0 Å². The topological polar surface area (TPSA) is 74.8 Å². The van der Waals surface area contributed by atoms with E-state index in [-0.39, 0.29) is 5.69 Å². The van der Waals surface area contributed by atoms with Gasteiger partial charge in [-0.2, -0.15) is 13.9 Å². The van der Waals surface area contributed by atoms with Gasteiger partial charge in [-0.25, -0.2) is 4.68 Å². The summed E-state index contributed by atoms with van der Waals surface area (Å²) in [5.74, 6) is -5.49. The largest absolute Gasteiger partial charge is 0.573 e. The second kappa shape index (κ2) is 8.87. The van der Waals surface area contributed by atoms with Gasteiger partial charge in [0.25, 0.3) is 0 Å². The van der Waals surface area contributed by atoms with Crippen LogP contribution < -0.4 is 4.74 Å². The van der Waals surface area contributed by atoms with E-state index in [0.29, 0.717) is 27.0 Å². The Labute approximate surface area is 203 Å². The molecule has 4 aromatic rings. The molecule has 35 heavy (non-hydrogen) atoms. The minimum Gasteiger partial charge on any atom is -0.406 e. The predicted octanol–water partition coefficient (Wildman–Crippen LogP) is 5.68. The molecule has 182 valence electrons. The lowest BCUT2D eigenvalue weighted by Gasteiger charge is -2.13. The quantitative estimate of drug-likeness (QED) is 0.286. The highest BCUT2D eigenvalue weighted by molar-refractivity contribution is 9.10. The lowest BCUT2D eigenvalue weighted by molar-refractivity contribution is -0.274. The molecule has 0 spiro atoms. The van der Waals surface area contributed by atoms with Gasteiger partial charge in [0, 0.05) is 29.6 Å². The molecule has 0 saturated heterocycles. The van der Waals surface area contributed by atoms with Gasteiger partial charge in [-0.3, -0.25) is 9.48 Å². The van der Waals surface area contributed by atoms with Gasteiger partial charge in [-0.15, -0.1) is 18.3 Å². The first-order chi connectivity index (χ1) is 16.4. The van der Waals surface area contributed by atoms with E-state index >= 15 is 0 Å². The summed E-state index contributed by atoms with van der Waals surface area (Å²) in [7, 11) is 1.46. The highest BCUT2D eigenvalue weighted by Crippen LogP contribution is 2.36.